The van der Waals surface area contributed by atoms with E-state index in [1.165, 1.54) is 36.4 Å². The third kappa shape index (κ3) is 11.0. The first-order valence-electron chi connectivity index (χ1n) is 17.7. The zero-order chi connectivity index (χ0) is 41.8. The lowest BCUT2D eigenvalue weighted by Gasteiger charge is -2.10. The fourth-order valence-electron chi connectivity index (χ4n) is 5.44. The van der Waals surface area contributed by atoms with Crippen LogP contribution >= 0.6 is 0 Å². The molecule has 0 spiro atoms. The standard InChI is InChI=1S/C23H17NO5S.C16H11NO2.C6H6O3S/c1-16-11-13-19(14-12-16)30(26,27)29-21-10-6-5-9-18(21)15-20-22(24-28-23(20)25)17-7-3-2-4-8-17;18-16-14(11-12-7-3-1-4-8-12)15(17-19-16)13-9-5-2-6-10-13;7-10(8,9)6-4-2-1-3-5-6/h2-15H,1H3;1-11H;1-5H,(H,7,8,9)/b20-15-;14-11-;. The topological polar surface area (TPSA) is 175 Å². The molecule has 12 nitrogen and oxygen atoms in total. The molecule has 296 valence electrons. The van der Waals surface area contributed by atoms with Gasteiger partial charge in [0.25, 0.3) is 10.1 Å². The number of benzene rings is 6. The first kappa shape index (κ1) is 41.4. The van der Waals surface area contributed by atoms with Crippen molar-refractivity contribution in [3.63, 3.8) is 0 Å². The summed E-state index contributed by atoms with van der Waals surface area (Å²) in [5.41, 5.74) is 5.52. The number of carbonyl (C=O) groups is 2. The van der Waals surface area contributed by atoms with Gasteiger partial charge in [0.15, 0.2) is 0 Å². The van der Waals surface area contributed by atoms with E-state index in [4.69, 9.17) is 18.4 Å². The minimum atomic E-state index is -4.04. The van der Waals surface area contributed by atoms with Crippen LogP contribution in [-0.4, -0.2) is 44.8 Å². The van der Waals surface area contributed by atoms with Crippen LogP contribution in [0, 0.1) is 6.92 Å². The molecule has 2 aliphatic rings. The minimum Gasteiger partial charge on any atom is -0.378 e. The Morgan fingerprint density at radius 1 is 0.525 bits per heavy atom. The van der Waals surface area contributed by atoms with Crippen LogP contribution in [0.1, 0.15) is 27.8 Å². The molecular formula is C45H34N2O10S2. The largest absolute Gasteiger partial charge is 0.378 e. The average Bonchev–Trinajstić information content (AvgIpc) is 3.80. The number of carbonyl (C=O) groups excluding carboxylic acids is 2. The molecule has 0 amide bonds. The molecule has 0 unspecified atom stereocenters. The van der Waals surface area contributed by atoms with Crippen molar-refractivity contribution in [2.24, 2.45) is 10.3 Å². The van der Waals surface area contributed by atoms with Crippen LogP contribution in [0.3, 0.4) is 0 Å². The maximum absolute atomic E-state index is 12.7. The fourth-order valence-corrected chi connectivity index (χ4v) is 6.89. The summed E-state index contributed by atoms with van der Waals surface area (Å²) in [4.78, 5) is 33.6. The molecule has 8 rings (SSSR count). The predicted molar refractivity (Wildman–Crippen MR) is 222 cm³/mol. The first-order chi connectivity index (χ1) is 28.4. The predicted octanol–water partition coefficient (Wildman–Crippen LogP) is 8.07. The monoisotopic (exact) mass is 826 g/mol. The van der Waals surface area contributed by atoms with E-state index in [2.05, 4.69) is 10.3 Å². The van der Waals surface area contributed by atoms with E-state index in [1.807, 2.05) is 85.8 Å². The Bertz CT molecular complexity index is 2790. The van der Waals surface area contributed by atoms with Crippen molar-refractivity contribution < 1.29 is 44.8 Å². The average molecular weight is 827 g/mol. The number of hydrogen-bond acceptors (Lipinski definition) is 11. The van der Waals surface area contributed by atoms with Gasteiger partial charge < -0.3 is 13.9 Å². The molecule has 0 bridgehead atoms. The van der Waals surface area contributed by atoms with E-state index in [1.54, 1.807) is 66.7 Å². The van der Waals surface area contributed by atoms with Gasteiger partial charge in [-0.2, -0.15) is 16.8 Å². The van der Waals surface area contributed by atoms with Gasteiger partial charge in [-0.25, -0.2) is 9.59 Å². The Morgan fingerprint density at radius 3 is 1.46 bits per heavy atom. The van der Waals surface area contributed by atoms with E-state index in [-0.39, 0.29) is 21.1 Å². The van der Waals surface area contributed by atoms with E-state index in [0.29, 0.717) is 28.1 Å². The third-order valence-corrected chi connectivity index (χ3v) is 10.5. The van der Waals surface area contributed by atoms with E-state index >= 15 is 0 Å². The van der Waals surface area contributed by atoms with Gasteiger partial charge in [-0.15, -0.1) is 0 Å². The van der Waals surface area contributed by atoms with Gasteiger partial charge >= 0.3 is 22.1 Å². The Morgan fingerprint density at radius 2 is 0.966 bits per heavy atom. The maximum Gasteiger partial charge on any atom is 0.368 e. The molecule has 0 aromatic heterocycles. The lowest BCUT2D eigenvalue weighted by molar-refractivity contribution is -0.137. The molecule has 59 heavy (non-hydrogen) atoms. The molecule has 0 aliphatic carbocycles. The number of para-hydroxylation sites is 1. The van der Waals surface area contributed by atoms with Crippen molar-refractivity contribution >= 4 is 55.8 Å². The smallest absolute Gasteiger partial charge is 0.368 e. The van der Waals surface area contributed by atoms with Crippen LogP contribution in [0.15, 0.2) is 201 Å². The normalized spacial score (nSPS) is 14.8. The first-order valence-corrected chi connectivity index (χ1v) is 20.6. The highest BCUT2D eigenvalue weighted by atomic mass is 32.2. The second-order valence-electron chi connectivity index (χ2n) is 12.6. The summed E-state index contributed by atoms with van der Waals surface area (Å²) in [7, 11) is -8.04. The summed E-state index contributed by atoms with van der Waals surface area (Å²) in [6, 6.07) is 48.6. The molecule has 1 N–H and O–H groups in total. The maximum atomic E-state index is 12.7. The van der Waals surface area contributed by atoms with Crippen LogP contribution in [0.25, 0.3) is 12.2 Å². The highest BCUT2D eigenvalue weighted by Gasteiger charge is 2.28. The summed E-state index contributed by atoms with van der Waals surface area (Å²) in [6.45, 7) is 1.87. The molecule has 2 aliphatic heterocycles. The summed E-state index contributed by atoms with van der Waals surface area (Å²) in [5.74, 6) is -0.939. The zero-order valence-corrected chi connectivity index (χ0v) is 32.8. The molecule has 2 heterocycles. The molecule has 0 radical (unpaired) electrons. The quantitative estimate of drug-likeness (QED) is 0.0684. The van der Waals surface area contributed by atoms with Crippen molar-refractivity contribution in [2.75, 3.05) is 0 Å². The molecule has 0 saturated carbocycles. The van der Waals surface area contributed by atoms with Crippen LogP contribution in [0.5, 0.6) is 5.75 Å². The summed E-state index contributed by atoms with van der Waals surface area (Å²) in [6.07, 6.45) is 3.31. The Hall–Kier alpha value is -7.26. The highest BCUT2D eigenvalue weighted by Crippen LogP contribution is 2.28. The molecule has 6 aromatic carbocycles. The van der Waals surface area contributed by atoms with Crippen molar-refractivity contribution in [3.05, 3.63) is 209 Å². The number of hydrogen-bond donors (Lipinski definition) is 1. The van der Waals surface area contributed by atoms with E-state index in [0.717, 1.165) is 16.7 Å². The van der Waals surface area contributed by atoms with Gasteiger partial charge in [0.1, 0.15) is 22.1 Å². The number of oxime groups is 2. The van der Waals surface area contributed by atoms with Gasteiger partial charge in [0, 0.05) is 16.7 Å². The van der Waals surface area contributed by atoms with Crippen molar-refractivity contribution in [1.82, 2.24) is 0 Å². The lowest BCUT2D eigenvalue weighted by atomic mass is 10.0. The summed E-state index contributed by atoms with van der Waals surface area (Å²) >= 11 is 0. The van der Waals surface area contributed by atoms with Gasteiger partial charge in [0.2, 0.25) is 0 Å². The lowest BCUT2D eigenvalue weighted by Crippen LogP contribution is -2.11. The third-order valence-electron chi connectivity index (χ3n) is 8.36. The highest BCUT2D eigenvalue weighted by molar-refractivity contribution is 7.87. The minimum absolute atomic E-state index is 0.0439. The van der Waals surface area contributed by atoms with Gasteiger partial charge in [0.05, 0.1) is 16.0 Å². The molecule has 6 aromatic rings. The van der Waals surface area contributed by atoms with Crippen LogP contribution in [-0.2, 0) is 39.5 Å². The van der Waals surface area contributed by atoms with Gasteiger partial charge in [-0.1, -0.05) is 155 Å². The molecule has 0 saturated heterocycles. The van der Waals surface area contributed by atoms with Crippen LogP contribution in [0.4, 0.5) is 0 Å². The molecule has 0 atom stereocenters. The van der Waals surface area contributed by atoms with Gasteiger partial charge in [-0.05, 0) is 55.0 Å². The molecule has 14 heteroatoms. The van der Waals surface area contributed by atoms with Crippen molar-refractivity contribution in [3.8, 4) is 5.75 Å². The second kappa shape index (κ2) is 18.8. The molecule has 0 fully saturated rings. The van der Waals surface area contributed by atoms with Crippen LogP contribution < -0.4 is 4.18 Å². The zero-order valence-electron chi connectivity index (χ0n) is 31.2. The molecular weight excluding hydrogens is 793 g/mol. The number of aryl methyl sites for hydroxylation is 1. The Kier molecular flexibility index (Phi) is 13.2. The van der Waals surface area contributed by atoms with E-state index < -0.39 is 32.2 Å². The van der Waals surface area contributed by atoms with Crippen molar-refractivity contribution in [2.45, 2.75) is 16.7 Å². The fraction of sp³-hybridized carbons (Fsp3) is 0.0222. The number of rotatable bonds is 8. The SMILES string of the molecule is Cc1ccc(S(=O)(=O)Oc2ccccc2/C=C2\C(=O)ON=C2c2ccccc2)cc1.O=C1ON=C(c2ccccc2)/C1=C/c1ccccc1.O=S(=O)(O)c1ccccc1. The summed E-state index contributed by atoms with van der Waals surface area (Å²) < 4.78 is 60.0. The van der Waals surface area contributed by atoms with Crippen LogP contribution in [0.2, 0.25) is 0 Å². The summed E-state index contributed by atoms with van der Waals surface area (Å²) in [5, 5.41) is 7.73. The Labute approximate surface area is 340 Å². The number of nitrogens with zero attached hydrogens (tertiary/aromatic N) is 2. The van der Waals surface area contributed by atoms with Crippen molar-refractivity contribution in [1.29, 1.82) is 0 Å². The van der Waals surface area contributed by atoms with E-state index in [9.17, 15) is 26.4 Å². The van der Waals surface area contributed by atoms with Gasteiger partial charge in [-0.3, -0.25) is 4.55 Å². The Balaban J connectivity index is 0.000000171. The second-order valence-corrected chi connectivity index (χ2v) is 15.5.